The molecule has 3 fully saturated rings. The standard InChI is InChI=1S/C28H35N5O3/c1-32(21-10-6-3-7-11-21)27(35)25-22(16-18-14-15-30-23(29)17-18)26(34)33(25)28(36)31-24(20-12-13-20)19-8-4-2-5-9-19/h3,6-7,10-11,14-15,17,19-20,22,24-25H,2,4-5,8-9,12-13,16H2,1H3,(H2,29,30)(H,31,36)/t22-,24+,25+/m1/s1. The molecular formula is C28H35N5O3. The Kier molecular flexibility index (Phi) is 6.94. The summed E-state index contributed by atoms with van der Waals surface area (Å²) in [6, 6.07) is 11.6. The summed E-state index contributed by atoms with van der Waals surface area (Å²) in [4.78, 5) is 47.3. The molecule has 8 heteroatoms. The van der Waals surface area contributed by atoms with Gasteiger partial charge in [0.15, 0.2) is 0 Å². The third-order valence-corrected chi connectivity index (χ3v) is 8.04. The zero-order valence-electron chi connectivity index (χ0n) is 20.8. The maximum atomic E-state index is 13.7. The number of likely N-dealkylation sites (N-methyl/N-ethyl adjacent to an activating group) is 1. The van der Waals surface area contributed by atoms with Gasteiger partial charge >= 0.3 is 6.03 Å². The quantitative estimate of drug-likeness (QED) is 0.576. The number of imide groups is 1. The highest BCUT2D eigenvalue weighted by Gasteiger charge is 2.56. The van der Waals surface area contributed by atoms with E-state index in [1.54, 1.807) is 25.4 Å². The number of anilines is 2. The van der Waals surface area contributed by atoms with Crippen LogP contribution in [0.15, 0.2) is 48.7 Å². The van der Waals surface area contributed by atoms with Crippen molar-refractivity contribution in [3.8, 4) is 0 Å². The molecule has 1 aliphatic heterocycles. The minimum absolute atomic E-state index is 0.0762. The summed E-state index contributed by atoms with van der Waals surface area (Å²) >= 11 is 0. The second-order valence-corrected chi connectivity index (χ2v) is 10.5. The van der Waals surface area contributed by atoms with Crippen molar-refractivity contribution in [2.75, 3.05) is 17.7 Å². The van der Waals surface area contributed by atoms with Crippen molar-refractivity contribution in [3.63, 3.8) is 0 Å². The van der Waals surface area contributed by atoms with E-state index >= 15 is 0 Å². The molecule has 1 aromatic heterocycles. The molecule has 2 saturated carbocycles. The minimum Gasteiger partial charge on any atom is -0.384 e. The Bertz CT molecular complexity index is 1110. The lowest BCUT2D eigenvalue weighted by molar-refractivity contribution is -0.156. The molecule has 36 heavy (non-hydrogen) atoms. The first-order valence-corrected chi connectivity index (χ1v) is 13.1. The van der Waals surface area contributed by atoms with E-state index in [0.717, 1.165) is 36.1 Å². The molecule has 3 N–H and O–H groups in total. The third-order valence-electron chi connectivity index (χ3n) is 8.04. The molecule has 5 rings (SSSR count). The van der Waals surface area contributed by atoms with Crippen LogP contribution in [0.2, 0.25) is 0 Å². The average Bonchev–Trinajstić information content (AvgIpc) is 3.74. The summed E-state index contributed by atoms with van der Waals surface area (Å²) in [6.45, 7) is 0. The SMILES string of the molecule is CN(C(=O)[C@@H]1[C@@H](Cc2ccnc(N)c2)C(=O)N1C(=O)N[C@@H](C1CCCCC1)C1CC1)c1ccccc1. The number of aromatic nitrogens is 1. The van der Waals surface area contributed by atoms with E-state index in [2.05, 4.69) is 10.3 Å². The van der Waals surface area contributed by atoms with Crippen LogP contribution in [0.1, 0.15) is 50.5 Å². The van der Waals surface area contributed by atoms with Crippen molar-refractivity contribution in [2.45, 2.75) is 63.5 Å². The molecular weight excluding hydrogens is 454 g/mol. The highest BCUT2D eigenvalue weighted by Crippen LogP contribution is 2.41. The van der Waals surface area contributed by atoms with Gasteiger partial charge in [0.2, 0.25) is 5.91 Å². The summed E-state index contributed by atoms with van der Waals surface area (Å²) in [5.41, 5.74) is 7.37. The molecule has 2 aromatic rings. The first kappa shape index (κ1) is 24.3. The van der Waals surface area contributed by atoms with Crippen molar-refractivity contribution < 1.29 is 14.4 Å². The van der Waals surface area contributed by atoms with Gasteiger partial charge in [-0.2, -0.15) is 0 Å². The fourth-order valence-corrected chi connectivity index (χ4v) is 5.89. The van der Waals surface area contributed by atoms with Crippen LogP contribution in [0.3, 0.4) is 0 Å². The van der Waals surface area contributed by atoms with Gasteiger partial charge < -0.3 is 16.0 Å². The number of hydrogen-bond acceptors (Lipinski definition) is 5. The highest BCUT2D eigenvalue weighted by molar-refractivity contribution is 6.12. The monoisotopic (exact) mass is 489 g/mol. The first-order chi connectivity index (χ1) is 17.4. The van der Waals surface area contributed by atoms with Crippen LogP contribution < -0.4 is 16.0 Å². The van der Waals surface area contributed by atoms with Gasteiger partial charge in [-0.15, -0.1) is 0 Å². The topological polar surface area (TPSA) is 109 Å². The van der Waals surface area contributed by atoms with Crippen molar-refractivity contribution in [1.29, 1.82) is 0 Å². The van der Waals surface area contributed by atoms with E-state index in [-0.39, 0.29) is 17.9 Å². The summed E-state index contributed by atoms with van der Waals surface area (Å²) in [6.07, 6.45) is 9.98. The zero-order chi connectivity index (χ0) is 25.2. The number of nitrogens with two attached hydrogens (primary N) is 1. The lowest BCUT2D eigenvalue weighted by atomic mass is 9.80. The second-order valence-electron chi connectivity index (χ2n) is 10.5. The summed E-state index contributed by atoms with van der Waals surface area (Å²) in [5, 5.41) is 3.20. The lowest BCUT2D eigenvalue weighted by Crippen LogP contribution is -2.71. The number of nitrogens with zero attached hydrogens (tertiary/aromatic N) is 3. The van der Waals surface area contributed by atoms with Crippen LogP contribution in [0.5, 0.6) is 0 Å². The van der Waals surface area contributed by atoms with Gasteiger partial charge in [-0.25, -0.2) is 9.78 Å². The first-order valence-electron chi connectivity index (χ1n) is 13.1. The smallest absolute Gasteiger partial charge is 0.325 e. The number of benzene rings is 1. The molecule has 2 aliphatic carbocycles. The van der Waals surface area contributed by atoms with Crippen molar-refractivity contribution in [2.24, 2.45) is 17.8 Å². The average molecular weight is 490 g/mol. The second kappa shape index (κ2) is 10.3. The number of carbonyl (C=O) groups excluding carboxylic acids is 3. The van der Waals surface area contributed by atoms with Gasteiger partial charge in [0.05, 0.1) is 5.92 Å². The number of nitrogen functional groups attached to an aromatic ring is 1. The number of likely N-dealkylation sites (tertiary alicyclic amines) is 1. The largest absolute Gasteiger partial charge is 0.384 e. The van der Waals surface area contributed by atoms with Crippen LogP contribution >= 0.6 is 0 Å². The van der Waals surface area contributed by atoms with Crippen LogP contribution in [0.4, 0.5) is 16.3 Å². The lowest BCUT2D eigenvalue weighted by Gasteiger charge is -2.46. The zero-order valence-corrected chi connectivity index (χ0v) is 20.8. The Balaban J connectivity index is 1.37. The van der Waals surface area contributed by atoms with E-state index < -0.39 is 18.0 Å². The Labute approximate surface area is 212 Å². The number of urea groups is 1. The van der Waals surface area contributed by atoms with Gasteiger partial charge in [-0.3, -0.25) is 14.5 Å². The van der Waals surface area contributed by atoms with E-state index in [4.69, 9.17) is 5.73 Å². The fourth-order valence-electron chi connectivity index (χ4n) is 5.89. The molecule has 0 spiro atoms. The molecule has 8 nitrogen and oxygen atoms in total. The molecule has 4 amide bonds. The van der Waals surface area contributed by atoms with Crippen LogP contribution in [-0.4, -0.2) is 46.9 Å². The van der Waals surface area contributed by atoms with Crippen molar-refractivity contribution in [1.82, 2.24) is 15.2 Å². The maximum absolute atomic E-state index is 13.7. The molecule has 1 saturated heterocycles. The molecule has 0 unspecified atom stereocenters. The molecule has 3 atom stereocenters. The predicted octanol–water partition coefficient (Wildman–Crippen LogP) is 3.76. The van der Waals surface area contributed by atoms with Crippen LogP contribution in [0.25, 0.3) is 0 Å². The number of nitrogens with one attached hydrogen (secondary N) is 1. The van der Waals surface area contributed by atoms with Crippen LogP contribution in [0, 0.1) is 17.8 Å². The van der Waals surface area contributed by atoms with Crippen LogP contribution in [-0.2, 0) is 16.0 Å². The minimum atomic E-state index is -0.872. The summed E-state index contributed by atoms with van der Waals surface area (Å²) in [5.74, 6) is 0.0566. The van der Waals surface area contributed by atoms with Gasteiger partial charge in [0.1, 0.15) is 11.9 Å². The Morgan fingerprint density at radius 2 is 1.78 bits per heavy atom. The maximum Gasteiger partial charge on any atom is 0.325 e. The molecule has 190 valence electrons. The predicted molar refractivity (Wildman–Crippen MR) is 138 cm³/mol. The molecule has 2 heterocycles. The van der Waals surface area contributed by atoms with E-state index in [1.807, 2.05) is 30.3 Å². The number of rotatable bonds is 7. The van der Waals surface area contributed by atoms with E-state index in [9.17, 15) is 14.4 Å². The number of amides is 4. The summed E-state index contributed by atoms with van der Waals surface area (Å²) in [7, 11) is 1.69. The van der Waals surface area contributed by atoms with Gasteiger partial charge in [-0.05, 0) is 73.8 Å². The molecule has 1 aromatic carbocycles. The van der Waals surface area contributed by atoms with Gasteiger partial charge in [0, 0.05) is 25.0 Å². The third kappa shape index (κ3) is 4.94. The molecule has 0 radical (unpaired) electrons. The van der Waals surface area contributed by atoms with Gasteiger partial charge in [0.25, 0.3) is 5.91 Å². The normalized spacial score (nSPS) is 23.0. The number of para-hydroxylation sites is 1. The molecule has 3 aliphatic rings. The van der Waals surface area contributed by atoms with E-state index in [1.165, 1.54) is 24.2 Å². The van der Waals surface area contributed by atoms with Gasteiger partial charge in [-0.1, -0.05) is 37.5 Å². The number of hydrogen-bond donors (Lipinski definition) is 2. The highest BCUT2D eigenvalue weighted by atomic mass is 16.2. The van der Waals surface area contributed by atoms with Crippen molar-refractivity contribution in [3.05, 3.63) is 54.2 Å². The van der Waals surface area contributed by atoms with E-state index in [0.29, 0.717) is 29.8 Å². The number of pyridine rings is 1. The summed E-state index contributed by atoms with van der Waals surface area (Å²) < 4.78 is 0. The Morgan fingerprint density at radius 3 is 2.44 bits per heavy atom. The number of carbonyl (C=O) groups is 3. The molecule has 0 bridgehead atoms. The Hall–Kier alpha value is -3.42. The van der Waals surface area contributed by atoms with Crippen molar-refractivity contribution >= 4 is 29.4 Å². The Morgan fingerprint density at radius 1 is 1.08 bits per heavy atom. The number of β-lactam (4-membered cyclic amide) rings is 1. The fraction of sp³-hybridized carbons (Fsp3) is 0.500.